The van der Waals surface area contributed by atoms with Crippen molar-refractivity contribution in [3.63, 3.8) is 0 Å². The lowest BCUT2D eigenvalue weighted by atomic mass is 10.1. The zero-order valence-electron chi connectivity index (χ0n) is 14.6. The van der Waals surface area contributed by atoms with E-state index >= 15 is 0 Å². The maximum absolute atomic E-state index is 5.36. The summed E-state index contributed by atoms with van der Waals surface area (Å²) in [6.07, 6.45) is 17.3. The highest BCUT2D eigenvalue weighted by Gasteiger charge is 2.26. The lowest BCUT2D eigenvalue weighted by Crippen LogP contribution is -3.00. The zero-order chi connectivity index (χ0) is 15.2. The Labute approximate surface area is 149 Å². The van der Waals surface area contributed by atoms with Gasteiger partial charge in [-0.3, -0.25) is 0 Å². The predicted octanol–water partition coefficient (Wildman–Crippen LogP) is 1.01. The lowest BCUT2D eigenvalue weighted by molar-refractivity contribution is -0.0443. The molecular formula is C16H35BrO2SSi. The van der Waals surface area contributed by atoms with E-state index in [0.29, 0.717) is 10.9 Å². The summed E-state index contributed by atoms with van der Waals surface area (Å²) < 4.78 is 10.7. The first-order valence-electron chi connectivity index (χ1n) is 8.03. The molecule has 2 nitrogen and oxygen atoms in total. The first kappa shape index (κ1) is 24.2. The molecule has 0 spiro atoms. The molecule has 128 valence electrons. The van der Waals surface area contributed by atoms with Crippen molar-refractivity contribution in [1.29, 1.82) is 0 Å². The van der Waals surface area contributed by atoms with Gasteiger partial charge in [-0.2, -0.15) is 0 Å². The third-order valence-corrected chi connectivity index (χ3v) is 8.24. The summed E-state index contributed by atoms with van der Waals surface area (Å²) in [6, 6.07) is 0. The minimum atomic E-state index is 0. The summed E-state index contributed by atoms with van der Waals surface area (Å²) in [5.41, 5.74) is 0. The van der Waals surface area contributed by atoms with Gasteiger partial charge in [0.1, 0.15) is 10.8 Å². The molecule has 0 N–H and O–H groups in total. The van der Waals surface area contributed by atoms with Crippen LogP contribution < -0.4 is 17.0 Å². The Morgan fingerprint density at radius 3 is 1.76 bits per heavy atom. The second-order valence-electron chi connectivity index (χ2n) is 5.60. The van der Waals surface area contributed by atoms with E-state index in [1.165, 1.54) is 57.8 Å². The molecule has 0 bridgehead atoms. The SMILES string of the molecule is CCCCCCCCCCC([Si]C(OC)OC)[S+](C)C.[Br-]. The third kappa shape index (κ3) is 14.3. The Bertz CT molecular complexity index is 205. The van der Waals surface area contributed by atoms with Crippen LogP contribution in [-0.2, 0) is 20.4 Å². The number of hydrogen-bond acceptors (Lipinski definition) is 2. The van der Waals surface area contributed by atoms with E-state index in [1.807, 2.05) is 0 Å². The molecule has 0 saturated carbocycles. The molecule has 0 aromatic rings. The number of hydrogen-bond donors (Lipinski definition) is 0. The van der Waals surface area contributed by atoms with Crippen molar-refractivity contribution in [2.24, 2.45) is 0 Å². The third-order valence-electron chi connectivity index (χ3n) is 3.64. The van der Waals surface area contributed by atoms with Gasteiger partial charge < -0.3 is 26.5 Å². The fraction of sp³-hybridized carbons (Fsp3) is 1.00. The van der Waals surface area contributed by atoms with Gasteiger partial charge in [0.2, 0.25) is 0 Å². The van der Waals surface area contributed by atoms with E-state index in [-0.39, 0.29) is 22.9 Å². The molecule has 0 saturated heterocycles. The molecule has 0 aliphatic rings. The van der Waals surface area contributed by atoms with Gasteiger partial charge >= 0.3 is 0 Å². The number of halogens is 1. The van der Waals surface area contributed by atoms with Crippen LogP contribution in [0.3, 0.4) is 0 Å². The molecule has 1 unspecified atom stereocenters. The summed E-state index contributed by atoms with van der Waals surface area (Å²) in [5, 5.41) is 0. The standard InChI is InChI=1S/C16H35O2SSi.BrH/c1-6-7-8-9-10-11-12-13-14-15(19(4)5)20-16(17-2)18-3;/h15-16H,6-14H2,1-5H3;1H/q+1;/p-1. The van der Waals surface area contributed by atoms with Crippen LogP contribution in [0.5, 0.6) is 0 Å². The maximum atomic E-state index is 5.36. The molecule has 21 heavy (non-hydrogen) atoms. The van der Waals surface area contributed by atoms with Crippen molar-refractivity contribution >= 4 is 20.4 Å². The topological polar surface area (TPSA) is 18.5 Å². The van der Waals surface area contributed by atoms with Crippen LogP contribution >= 0.6 is 0 Å². The fourth-order valence-corrected chi connectivity index (χ4v) is 5.31. The Balaban J connectivity index is 0. The summed E-state index contributed by atoms with van der Waals surface area (Å²) in [7, 11) is 4.73. The van der Waals surface area contributed by atoms with Crippen LogP contribution in [0.2, 0.25) is 0 Å². The van der Waals surface area contributed by atoms with Crippen molar-refractivity contribution in [2.45, 2.75) is 75.5 Å². The van der Waals surface area contributed by atoms with Gasteiger partial charge in [0.05, 0.1) is 12.5 Å². The molecule has 0 heterocycles. The Hall–Kier alpha value is 0.967. The minimum Gasteiger partial charge on any atom is -1.00 e. The molecule has 0 aromatic heterocycles. The molecule has 0 aliphatic heterocycles. The van der Waals surface area contributed by atoms with E-state index in [1.54, 1.807) is 14.2 Å². The Morgan fingerprint density at radius 2 is 1.33 bits per heavy atom. The lowest BCUT2D eigenvalue weighted by Gasteiger charge is -2.18. The molecule has 0 fully saturated rings. The fourth-order valence-electron chi connectivity index (χ4n) is 2.30. The average molecular weight is 400 g/mol. The minimum absolute atomic E-state index is 0. The molecular weight excluding hydrogens is 364 g/mol. The van der Waals surface area contributed by atoms with Gasteiger partial charge in [0.15, 0.2) is 9.52 Å². The summed E-state index contributed by atoms with van der Waals surface area (Å²) in [6.45, 7) is 2.28. The quantitative estimate of drug-likeness (QED) is 0.188. The van der Waals surface area contributed by atoms with E-state index < -0.39 is 0 Å². The van der Waals surface area contributed by atoms with E-state index in [4.69, 9.17) is 9.47 Å². The Kier molecular flexibility index (Phi) is 20.0. The van der Waals surface area contributed by atoms with E-state index in [0.717, 1.165) is 14.4 Å². The summed E-state index contributed by atoms with van der Waals surface area (Å²) >= 11 is 0. The Morgan fingerprint density at radius 1 is 0.857 bits per heavy atom. The van der Waals surface area contributed by atoms with Crippen molar-refractivity contribution in [3.05, 3.63) is 0 Å². The van der Waals surface area contributed by atoms with Crippen LogP contribution in [-0.4, -0.2) is 47.0 Å². The van der Waals surface area contributed by atoms with Gasteiger partial charge in [-0.15, -0.1) is 0 Å². The highest BCUT2D eigenvalue weighted by atomic mass is 79.9. The molecule has 0 rings (SSSR count). The van der Waals surface area contributed by atoms with Crippen molar-refractivity contribution in [2.75, 3.05) is 26.7 Å². The van der Waals surface area contributed by atoms with Gasteiger partial charge in [0.25, 0.3) is 0 Å². The molecule has 0 aromatic carbocycles. The first-order chi connectivity index (χ1) is 9.65. The van der Waals surface area contributed by atoms with Crippen LogP contribution in [0.15, 0.2) is 0 Å². The van der Waals surface area contributed by atoms with Crippen LogP contribution in [0.25, 0.3) is 0 Å². The summed E-state index contributed by atoms with van der Waals surface area (Å²) in [5.74, 6) is 0.00365. The first-order valence-corrected chi connectivity index (χ1v) is 11.3. The second kappa shape index (κ2) is 17.3. The van der Waals surface area contributed by atoms with Gasteiger partial charge in [-0.25, -0.2) is 0 Å². The molecule has 5 heteroatoms. The molecule has 0 amide bonds. The van der Waals surface area contributed by atoms with Crippen molar-refractivity contribution in [1.82, 2.24) is 0 Å². The summed E-state index contributed by atoms with van der Waals surface area (Å²) in [4.78, 5) is 0.778. The van der Waals surface area contributed by atoms with Crippen molar-refractivity contribution in [3.8, 4) is 0 Å². The highest BCUT2D eigenvalue weighted by Crippen LogP contribution is 2.14. The second-order valence-corrected chi connectivity index (χ2v) is 9.85. The average Bonchev–Trinajstić information content (AvgIpc) is 2.44. The largest absolute Gasteiger partial charge is 1.00 e. The number of rotatable bonds is 14. The van der Waals surface area contributed by atoms with Crippen molar-refractivity contribution < 1.29 is 26.5 Å². The normalized spacial score (nSPS) is 12.7. The van der Waals surface area contributed by atoms with Crippen LogP contribution in [0.1, 0.15) is 64.7 Å². The van der Waals surface area contributed by atoms with Gasteiger partial charge in [-0.05, 0) is 23.7 Å². The zero-order valence-corrected chi connectivity index (χ0v) is 18.0. The number of ether oxygens (including phenoxy) is 2. The smallest absolute Gasteiger partial charge is 0.187 e. The van der Waals surface area contributed by atoms with E-state index in [2.05, 4.69) is 19.4 Å². The van der Waals surface area contributed by atoms with Gasteiger partial charge in [-0.1, -0.05) is 51.9 Å². The highest BCUT2D eigenvalue weighted by molar-refractivity contribution is 7.97. The predicted molar refractivity (Wildman–Crippen MR) is 93.8 cm³/mol. The maximum Gasteiger partial charge on any atom is 0.187 e. The van der Waals surface area contributed by atoms with Crippen LogP contribution in [0.4, 0.5) is 0 Å². The van der Waals surface area contributed by atoms with E-state index in [9.17, 15) is 0 Å². The molecule has 1 atom stereocenters. The number of unbranched alkanes of at least 4 members (excludes halogenated alkanes) is 7. The van der Waals surface area contributed by atoms with Crippen LogP contribution in [0, 0.1) is 0 Å². The number of methoxy groups -OCH3 is 2. The molecule has 2 radical (unpaired) electrons. The molecule has 0 aliphatic carbocycles. The monoisotopic (exact) mass is 398 g/mol. The van der Waals surface area contributed by atoms with Gasteiger partial charge in [0, 0.05) is 14.2 Å².